The molecule has 0 heterocycles. The molecule has 0 aromatic rings. The molecule has 0 aromatic carbocycles. The first-order valence-corrected chi connectivity index (χ1v) is 2.25. The van der Waals surface area contributed by atoms with E-state index < -0.39 is 0 Å². The molecule has 0 saturated heterocycles. The molecular formula is C4H7KO2S. The van der Waals surface area contributed by atoms with Crippen LogP contribution in [0.3, 0.4) is 0 Å². The van der Waals surface area contributed by atoms with Crippen LogP contribution in [0.15, 0.2) is 0 Å². The number of ketones is 1. The maximum absolute atomic E-state index is 10.0. The SMILES string of the molecule is CC(=O)CC(O)=S.[KH]. The first kappa shape index (κ1) is 11.9. The summed E-state index contributed by atoms with van der Waals surface area (Å²) in [6.07, 6.45) is 0.00926. The summed E-state index contributed by atoms with van der Waals surface area (Å²) in [5.41, 5.74) is 0. The number of carbonyl (C=O) groups is 1. The third kappa shape index (κ3) is 10.2. The zero-order valence-electron chi connectivity index (χ0n) is 3.97. The van der Waals surface area contributed by atoms with Crippen LogP contribution < -0.4 is 0 Å². The number of hydrogen-bond donors (Lipinski definition) is 1. The van der Waals surface area contributed by atoms with Crippen LogP contribution in [0, 0.1) is 0 Å². The summed E-state index contributed by atoms with van der Waals surface area (Å²) >= 11 is 4.21. The molecule has 0 fully saturated rings. The van der Waals surface area contributed by atoms with Crippen molar-refractivity contribution in [2.24, 2.45) is 0 Å². The van der Waals surface area contributed by atoms with Crippen LogP contribution in [0.4, 0.5) is 0 Å². The molecule has 4 heteroatoms. The van der Waals surface area contributed by atoms with Gasteiger partial charge in [-0.05, 0) is 19.1 Å². The monoisotopic (exact) mass is 158 g/mol. The van der Waals surface area contributed by atoms with Gasteiger partial charge in [0.2, 0.25) is 0 Å². The first-order chi connectivity index (χ1) is 3.13. The van der Waals surface area contributed by atoms with E-state index in [1.165, 1.54) is 6.92 Å². The van der Waals surface area contributed by atoms with Gasteiger partial charge in [-0.15, -0.1) is 0 Å². The second kappa shape index (κ2) is 6.32. The third-order valence-corrected chi connectivity index (χ3v) is 0.545. The molecule has 0 aliphatic rings. The summed E-state index contributed by atoms with van der Waals surface area (Å²) in [5.74, 6) is -0.104. The van der Waals surface area contributed by atoms with Gasteiger partial charge in [-0.2, -0.15) is 0 Å². The Bertz CT molecular complexity index is 90.2. The Morgan fingerprint density at radius 2 is 2.12 bits per heavy atom. The molecule has 0 spiro atoms. The number of aliphatic hydroxyl groups is 1. The average molecular weight is 158 g/mol. The van der Waals surface area contributed by atoms with Crippen LogP contribution in [0.25, 0.3) is 0 Å². The van der Waals surface area contributed by atoms with Crippen molar-refractivity contribution in [1.82, 2.24) is 0 Å². The normalized spacial score (nSPS) is 7.12. The zero-order chi connectivity index (χ0) is 5.86. The van der Waals surface area contributed by atoms with Crippen LogP contribution in [-0.4, -0.2) is 67.3 Å². The Balaban J connectivity index is 0. The summed E-state index contributed by atoms with van der Waals surface area (Å²) in [6.45, 7) is 1.38. The fourth-order valence-electron chi connectivity index (χ4n) is 0.213. The van der Waals surface area contributed by atoms with E-state index in [-0.39, 0.29) is 68.6 Å². The fourth-order valence-corrected chi connectivity index (χ4v) is 0.416. The number of Topliss-reactive ketones (excluding diaryl/α,β-unsaturated/α-hetero) is 1. The van der Waals surface area contributed by atoms with Crippen LogP contribution >= 0.6 is 12.2 Å². The summed E-state index contributed by atoms with van der Waals surface area (Å²) in [7, 11) is 0. The van der Waals surface area contributed by atoms with E-state index in [0.29, 0.717) is 0 Å². The van der Waals surface area contributed by atoms with E-state index in [1.807, 2.05) is 0 Å². The topological polar surface area (TPSA) is 37.3 Å². The molecule has 0 radical (unpaired) electrons. The van der Waals surface area contributed by atoms with E-state index in [0.717, 1.165) is 0 Å². The van der Waals surface area contributed by atoms with Gasteiger partial charge in [-0.1, -0.05) is 0 Å². The van der Waals surface area contributed by atoms with Gasteiger partial charge in [0.25, 0.3) is 0 Å². The van der Waals surface area contributed by atoms with Crippen molar-refractivity contribution < 1.29 is 9.90 Å². The molecule has 0 unspecified atom stereocenters. The van der Waals surface area contributed by atoms with Crippen molar-refractivity contribution >= 4 is 74.4 Å². The Morgan fingerprint density at radius 1 is 1.75 bits per heavy atom. The first-order valence-electron chi connectivity index (χ1n) is 1.84. The van der Waals surface area contributed by atoms with Crippen LogP contribution in [-0.2, 0) is 4.79 Å². The molecule has 0 atom stereocenters. The summed E-state index contributed by atoms with van der Waals surface area (Å²) in [4.78, 5) is 10.0. The van der Waals surface area contributed by atoms with Gasteiger partial charge in [0.15, 0.2) is 5.05 Å². The van der Waals surface area contributed by atoms with Gasteiger partial charge >= 0.3 is 51.4 Å². The Labute approximate surface area is 96.1 Å². The Morgan fingerprint density at radius 3 is 2.12 bits per heavy atom. The molecule has 0 aromatic heterocycles. The van der Waals surface area contributed by atoms with Gasteiger partial charge in [0, 0.05) is 0 Å². The molecule has 1 N–H and O–H groups in total. The van der Waals surface area contributed by atoms with Crippen molar-refractivity contribution in [2.75, 3.05) is 0 Å². The molecular weight excluding hydrogens is 151 g/mol. The van der Waals surface area contributed by atoms with Gasteiger partial charge in [0.05, 0.1) is 6.42 Å². The molecule has 8 heavy (non-hydrogen) atoms. The van der Waals surface area contributed by atoms with Gasteiger partial charge in [-0.25, -0.2) is 0 Å². The molecule has 2 nitrogen and oxygen atoms in total. The Kier molecular flexibility index (Phi) is 9.42. The summed E-state index contributed by atoms with van der Waals surface area (Å²) < 4.78 is 0. The molecule has 0 rings (SSSR count). The number of rotatable bonds is 2. The van der Waals surface area contributed by atoms with Crippen molar-refractivity contribution in [3.05, 3.63) is 0 Å². The summed E-state index contributed by atoms with van der Waals surface area (Å²) in [6, 6.07) is 0. The maximum atomic E-state index is 10.0. The molecule has 0 aliphatic heterocycles. The van der Waals surface area contributed by atoms with E-state index in [9.17, 15) is 4.79 Å². The number of carbonyl (C=O) groups excluding carboxylic acids is 1. The quantitative estimate of drug-likeness (QED) is 0.461. The Hall–Kier alpha value is 1.20. The molecule has 0 bridgehead atoms. The van der Waals surface area contributed by atoms with Crippen molar-refractivity contribution in [2.45, 2.75) is 13.3 Å². The summed E-state index contributed by atoms with van der Waals surface area (Å²) in [5, 5.41) is 8.00. The predicted octanol–water partition coefficient (Wildman–Crippen LogP) is 0.202. The van der Waals surface area contributed by atoms with E-state index in [4.69, 9.17) is 5.11 Å². The van der Waals surface area contributed by atoms with Crippen molar-refractivity contribution in [3.63, 3.8) is 0 Å². The molecule has 0 aliphatic carbocycles. The fraction of sp³-hybridized carbons (Fsp3) is 0.500. The average Bonchev–Trinajstić information content (AvgIpc) is 1.27. The van der Waals surface area contributed by atoms with Gasteiger partial charge in [0.1, 0.15) is 5.78 Å². The number of thiocarbonyl (C=S) groups is 1. The van der Waals surface area contributed by atoms with E-state index >= 15 is 0 Å². The standard InChI is InChI=1S/C4H6O2S.K.H/c1-3(5)2-4(6)7;;/h2H2,1H3,(H,6,7);;. The van der Waals surface area contributed by atoms with Crippen LogP contribution in [0.1, 0.15) is 13.3 Å². The molecule has 0 amide bonds. The second-order valence-electron chi connectivity index (χ2n) is 1.27. The second-order valence-corrected chi connectivity index (χ2v) is 1.74. The van der Waals surface area contributed by atoms with Crippen molar-refractivity contribution in [3.8, 4) is 0 Å². The molecule has 0 saturated carbocycles. The number of hydrogen-bond acceptors (Lipinski definition) is 2. The van der Waals surface area contributed by atoms with E-state index in [2.05, 4.69) is 12.2 Å². The predicted molar refractivity (Wildman–Crippen MR) is 37.7 cm³/mol. The van der Waals surface area contributed by atoms with Crippen LogP contribution in [0.2, 0.25) is 0 Å². The molecule has 42 valence electrons. The minimum atomic E-state index is -0.229. The van der Waals surface area contributed by atoms with Crippen molar-refractivity contribution in [1.29, 1.82) is 0 Å². The van der Waals surface area contributed by atoms with E-state index in [1.54, 1.807) is 0 Å². The van der Waals surface area contributed by atoms with Gasteiger partial charge in [-0.3, -0.25) is 4.79 Å². The minimum absolute atomic E-state index is 0. The number of aliphatic hydroxyl groups excluding tert-OH is 1. The third-order valence-electron chi connectivity index (χ3n) is 0.400. The zero-order valence-corrected chi connectivity index (χ0v) is 4.79. The van der Waals surface area contributed by atoms with Gasteiger partial charge < -0.3 is 5.11 Å². The van der Waals surface area contributed by atoms with Crippen LogP contribution in [0.5, 0.6) is 0 Å².